The number of hydrogen-bond donors (Lipinski definition) is 1. The number of rotatable bonds is 3. The van der Waals surface area contributed by atoms with E-state index < -0.39 is 0 Å². The number of nitrogens with one attached hydrogen (secondary N) is 1. The Bertz CT molecular complexity index is 1000. The summed E-state index contributed by atoms with van der Waals surface area (Å²) in [6.07, 6.45) is 1.74. The minimum Gasteiger partial charge on any atom is -0.463 e. The van der Waals surface area contributed by atoms with Gasteiger partial charge < -0.3 is 10.1 Å². The SMILES string of the molecule is CCOC(=O)C1=C(C)Nc2ccnn2C1c1c(Br)sc2ccccc12. The Balaban J connectivity index is 1.99. The van der Waals surface area contributed by atoms with E-state index in [1.54, 1.807) is 17.5 Å². The van der Waals surface area contributed by atoms with Gasteiger partial charge >= 0.3 is 5.97 Å². The number of benzene rings is 1. The average Bonchev–Trinajstić information content (AvgIpc) is 3.16. The van der Waals surface area contributed by atoms with Gasteiger partial charge in [-0.2, -0.15) is 5.10 Å². The molecular formula is C18H16BrN3O2S. The Kier molecular flexibility index (Phi) is 4.13. The summed E-state index contributed by atoms with van der Waals surface area (Å²) < 4.78 is 9.34. The second-order valence-electron chi connectivity index (χ2n) is 5.73. The van der Waals surface area contributed by atoms with Gasteiger partial charge in [0.25, 0.3) is 0 Å². The third-order valence-electron chi connectivity index (χ3n) is 4.27. The molecule has 25 heavy (non-hydrogen) atoms. The molecule has 5 nitrogen and oxygen atoms in total. The number of fused-ring (bicyclic) bond motifs is 2. The highest BCUT2D eigenvalue weighted by Crippen LogP contribution is 2.45. The van der Waals surface area contributed by atoms with Crippen molar-refractivity contribution < 1.29 is 9.53 Å². The zero-order chi connectivity index (χ0) is 17.6. The first-order chi connectivity index (χ1) is 12.1. The van der Waals surface area contributed by atoms with Gasteiger partial charge in [-0.1, -0.05) is 18.2 Å². The van der Waals surface area contributed by atoms with Crippen LogP contribution in [0, 0.1) is 0 Å². The van der Waals surface area contributed by atoms with Crippen LogP contribution in [0.5, 0.6) is 0 Å². The van der Waals surface area contributed by atoms with Crippen LogP contribution in [-0.2, 0) is 9.53 Å². The van der Waals surface area contributed by atoms with Crippen molar-refractivity contribution in [2.45, 2.75) is 19.9 Å². The van der Waals surface area contributed by atoms with E-state index in [4.69, 9.17) is 4.74 Å². The molecule has 2 aromatic heterocycles. The number of ether oxygens (including phenoxy) is 1. The van der Waals surface area contributed by atoms with Gasteiger partial charge in [0.1, 0.15) is 11.9 Å². The highest BCUT2D eigenvalue weighted by Gasteiger charge is 2.36. The van der Waals surface area contributed by atoms with E-state index >= 15 is 0 Å². The molecule has 0 fully saturated rings. The third kappa shape index (κ3) is 2.58. The Hall–Kier alpha value is -2.12. The summed E-state index contributed by atoms with van der Waals surface area (Å²) in [7, 11) is 0. The summed E-state index contributed by atoms with van der Waals surface area (Å²) >= 11 is 5.36. The van der Waals surface area contributed by atoms with Crippen LogP contribution in [0.15, 0.2) is 51.6 Å². The van der Waals surface area contributed by atoms with Gasteiger partial charge in [0.15, 0.2) is 0 Å². The predicted octanol–water partition coefficient (Wildman–Crippen LogP) is 4.71. The van der Waals surface area contributed by atoms with Gasteiger partial charge in [0.2, 0.25) is 0 Å². The first-order valence-electron chi connectivity index (χ1n) is 7.97. The number of carbonyl (C=O) groups excluding carboxylic acids is 1. The topological polar surface area (TPSA) is 56.1 Å². The van der Waals surface area contributed by atoms with Gasteiger partial charge in [-0.15, -0.1) is 11.3 Å². The Labute approximate surface area is 157 Å². The molecule has 0 amide bonds. The van der Waals surface area contributed by atoms with E-state index in [0.29, 0.717) is 12.2 Å². The molecule has 1 unspecified atom stereocenters. The van der Waals surface area contributed by atoms with E-state index in [2.05, 4.69) is 38.5 Å². The normalized spacial score (nSPS) is 16.7. The average molecular weight is 418 g/mol. The number of halogens is 1. The zero-order valence-electron chi connectivity index (χ0n) is 13.7. The molecule has 0 saturated heterocycles. The zero-order valence-corrected chi connectivity index (χ0v) is 16.1. The quantitative estimate of drug-likeness (QED) is 0.626. The molecule has 0 radical (unpaired) electrons. The van der Waals surface area contributed by atoms with Crippen LogP contribution >= 0.6 is 27.3 Å². The molecule has 0 spiro atoms. The molecule has 3 aromatic rings. The number of carbonyl (C=O) groups is 1. The monoisotopic (exact) mass is 417 g/mol. The van der Waals surface area contributed by atoms with Gasteiger partial charge in [0, 0.05) is 22.0 Å². The number of thiophene rings is 1. The molecule has 1 aromatic carbocycles. The highest BCUT2D eigenvalue weighted by atomic mass is 79.9. The number of anilines is 1. The summed E-state index contributed by atoms with van der Waals surface area (Å²) in [6, 6.07) is 9.76. The molecule has 7 heteroatoms. The number of esters is 1. The Morgan fingerprint density at radius 3 is 3.00 bits per heavy atom. The minimum atomic E-state index is -0.337. The molecule has 4 rings (SSSR count). The molecule has 1 aliphatic heterocycles. The first-order valence-corrected chi connectivity index (χ1v) is 9.58. The van der Waals surface area contributed by atoms with Gasteiger partial charge in [-0.3, -0.25) is 0 Å². The summed E-state index contributed by atoms with van der Waals surface area (Å²) in [5.74, 6) is 0.540. The Morgan fingerprint density at radius 1 is 1.40 bits per heavy atom. The summed E-state index contributed by atoms with van der Waals surface area (Å²) in [4.78, 5) is 12.7. The largest absolute Gasteiger partial charge is 0.463 e. The molecule has 3 heterocycles. The highest BCUT2D eigenvalue weighted by molar-refractivity contribution is 9.11. The maximum Gasteiger partial charge on any atom is 0.338 e. The molecule has 1 aliphatic rings. The van der Waals surface area contributed by atoms with Gasteiger partial charge in [-0.05, 0) is 41.2 Å². The summed E-state index contributed by atoms with van der Waals surface area (Å²) in [5.41, 5.74) is 2.41. The van der Waals surface area contributed by atoms with Crippen LogP contribution in [0.3, 0.4) is 0 Å². The van der Waals surface area contributed by atoms with Crippen LogP contribution in [0.1, 0.15) is 25.5 Å². The van der Waals surface area contributed by atoms with Crippen LogP contribution in [0.2, 0.25) is 0 Å². The summed E-state index contributed by atoms with van der Waals surface area (Å²) in [5, 5.41) is 8.83. The van der Waals surface area contributed by atoms with E-state index in [1.165, 1.54) is 0 Å². The van der Waals surface area contributed by atoms with Crippen molar-refractivity contribution in [2.24, 2.45) is 0 Å². The van der Waals surface area contributed by atoms with E-state index in [-0.39, 0.29) is 12.0 Å². The maximum atomic E-state index is 12.7. The molecule has 1 atom stereocenters. The van der Waals surface area contributed by atoms with Crippen molar-refractivity contribution >= 4 is 49.1 Å². The molecule has 128 valence electrons. The minimum absolute atomic E-state index is 0.319. The first kappa shape index (κ1) is 16.4. The van der Waals surface area contributed by atoms with Crippen molar-refractivity contribution in [2.75, 3.05) is 11.9 Å². The second kappa shape index (κ2) is 6.31. The maximum absolute atomic E-state index is 12.7. The lowest BCUT2D eigenvalue weighted by Crippen LogP contribution is -2.29. The van der Waals surface area contributed by atoms with Crippen LogP contribution in [0.4, 0.5) is 5.82 Å². The van der Waals surface area contributed by atoms with Crippen LogP contribution in [-0.4, -0.2) is 22.4 Å². The van der Waals surface area contributed by atoms with E-state index in [1.807, 2.05) is 36.7 Å². The molecule has 1 N–H and O–H groups in total. The third-order valence-corrected chi connectivity index (χ3v) is 6.15. The molecule has 0 bridgehead atoms. The van der Waals surface area contributed by atoms with Crippen molar-refractivity contribution in [1.29, 1.82) is 0 Å². The fourth-order valence-corrected chi connectivity index (χ4v) is 5.15. The molecule has 0 aliphatic carbocycles. The van der Waals surface area contributed by atoms with Crippen LogP contribution in [0.25, 0.3) is 10.1 Å². The Morgan fingerprint density at radius 2 is 2.20 bits per heavy atom. The lowest BCUT2D eigenvalue weighted by molar-refractivity contribution is -0.139. The fraction of sp³-hybridized carbons (Fsp3) is 0.222. The lowest BCUT2D eigenvalue weighted by Gasteiger charge is -2.29. The van der Waals surface area contributed by atoms with Crippen molar-refractivity contribution in [3.63, 3.8) is 0 Å². The van der Waals surface area contributed by atoms with E-state index in [9.17, 15) is 4.79 Å². The van der Waals surface area contributed by atoms with Crippen molar-refractivity contribution in [3.05, 3.63) is 57.1 Å². The number of nitrogens with zero attached hydrogens (tertiary/aromatic N) is 2. The summed E-state index contributed by atoms with van der Waals surface area (Å²) in [6.45, 7) is 4.05. The number of hydrogen-bond acceptors (Lipinski definition) is 5. The second-order valence-corrected chi connectivity index (χ2v) is 8.10. The molecular weight excluding hydrogens is 402 g/mol. The number of allylic oxidation sites excluding steroid dienone is 1. The van der Waals surface area contributed by atoms with E-state index in [0.717, 1.165) is 31.0 Å². The van der Waals surface area contributed by atoms with Crippen molar-refractivity contribution in [3.8, 4) is 0 Å². The van der Waals surface area contributed by atoms with Gasteiger partial charge in [-0.25, -0.2) is 9.48 Å². The van der Waals surface area contributed by atoms with Crippen molar-refractivity contribution in [1.82, 2.24) is 9.78 Å². The lowest BCUT2D eigenvalue weighted by atomic mass is 9.95. The smallest absolute Gasteiger partial charge is 0.338 e. The number of aromatic nitrogens is 2. The van der Waals surface area contributed by atoms with Crippen LogP contribution < -0.4 is 5.32 Å². The predicted molar refractivity (Wildman–Crippen MR) is 103 cm³/mol. The standard InChI is InChI=1S/C18H16BrN3O2S/c1-3-24-18(23)14-10(2)21-13-8-9-20-22(13)16(14)15-11-6-4-5-7-12(11)25-17(15)19/h4-9,16,21H,3H2,1-2H3. The fourth-order valence-electron chi connectivity index (χ4n) is 3.24. The molecule has 0 saturated carbocycles. The van der Waals surface area contributed by atoms with Gasteiger partial charge in [0.05, 0.1) is 22.2 Å².